The number of carbonyl (C=O) groups excluding carboxylic acids is 3. The van der Waals surface area contributed by atoms with E-state index in [0.29, 0.717) is 39.7 Å². The number of non-ortho nitro benzene ring substituents is 2. The Bertz CT molecular complexity index is 2950. The lowest BCUT2D eigenvalue weighted by atomic mass is 9.85. The van der Waals surface area contributed by atoms with Crippen molar-refractivity contribution in [2.24, 2.45) is 11.1 Å². The minimum absolute atomic E-state index is 0.0322. The summed E-state index contributed by atoms with van der Waals surface area (Å²) in [5.41, 5.74) is -4.54. The van der Waals surface area contributed by atoms with Gasteiger partial charge in [-0.15, -0.1) is 0 Å². The molecular weight excluding hydrogens is 809 g/mol. The summed E-state index contributed by atoms with van der Waals surface area (Å²) in [6.07, 6.45) is -1.94. The van der Waals surface area contributed by atoms with Gasteiger partial charge in [0.1, 0.15) is 18.1 Å². The number of benzene rings is 3. The highest BCUT2D eigenvalue weighted by atomic mass is 17.3. The first-order valence-electron chi connectivity index (χ1n) is 17.9. The van der Waals surface area contributed by atoms with Crippen molar-refractivity contribution in [3.63, 3.8) is 0 Å². The maximum Gasteiger partial charge on any atom is 0.355 e. The van der Waals surface area contributed by atoms with Crippen LogP contribution < -0.4 is 21.1 Å². The van der Waals surface area contributed by atoms with Crippen molar-refractivity contribution in [1.29, 1.82) is 0 Å². The molecule has 5 aromatic rings. The lowest BCUT2D eigenvalue weighted by Crippen LogP contribution is -2.48. The molecule has 308 valence electrons. The van der Waals surface area contributed by atoms with Gasteiger partial charge in [-0.2, -0.15) is 5.90 Å². The molecule has 1 aliphatic carbocycles. The van der Waals surface area contributed by atoms with Gasteiger partial charge in [0.15, 0.2) is 5.75 Å². The summed E-state index contributed by atoms with van der Waals surface area (Å²) in [6, 6.07) is 11.5. The number of hydrogen-bond donors (Lipinski definition) is 1. The molecule has 2 N–H and O–H groups in total. The Hall–Kier alpha value is -8.12. The minimum atomic E-state index is -2.19. The smallest absolute Gasteiger partial charge is 0.355 e. The van der Waals surface area contributed by atoms with Crippen LogP contribution in [0.3, 0.4) is 0 Å². The molecule has 2 aliphatic heterocycles. The Morgan fingerprint density at radius 1 is 1.00 bits per heavy atom. The van der Waals surface area contributed by atoms with Crippen molar-refractivity contribution in [3.8, 4) is 34.0 Å². The molecule has 4 heterocycles. The molecule has 3 aliphatic rings. The maximum absolute atomic E-state index is 14.0. The second-order valence-electron chi connectivity index (χ2n) is 13.8. The molecule has 0 amide bonds. The third-order valence-corrected chi connectivity index (χ3v) is 10.3. The van der Waals surface area contributed by atoms with E-state index in [1.54, 1.807) is 24.3 Å². The van der Waals surface area contributed by atoms with Crippen LogP contribution in [-0.4, -0.2) is 61.8 Å². The zero-order valence-electron chi connectivity index (χ0n) is 31.7. The number of ether oxygens (including phenoxy) is 3. The standard InChI is InChI=1S/C37H26BN7O16/c1-3-37(24-12-27-31-17(13-42(27)33(46)23(24)14-56-35(37)48)6-16-7-20(57-36(38)49)4-5-25(16)40-31)58-34(47)15(2)59-41-32-21-8-18(43(50)51)10-26(45(54)55)29(21)30-22(32)9-19(44(52)53)11-28(30)60-61-39/h4-12,15H,3,13-14,38-39H2,1-2H3/b41-32+/t15-,37-/m0/s1. The fourth-order valence-corrected chi connectivity index (χ4v) is 7.60. The van der Waals surface area contributed by atoms with Crippen molar-refractivity contribution in [1.82, 2.24) is 9.55 Å². The molecule has 0 saturated heterocycles. The quantitative estimate of drug-likeness (QED) is 0.0640. The molecule has 23 nitrogen and oxygen atoms in total. The first kappa shape index (κ1) is 39.7. The summed E-state index contributed by atoms with van der Waals surface area (Å²) < 4.78 is 17.9. The summed E-state index contributed by atoms with van der Waals surface area (Å²) in [5, 5.41) is 40.6. The highest BCUT2D eigenvalue weighted by Gasteiger charge is 2.51. The van der Waals surface area contributed by atoms with Gasteiger partial charge in [-0.1, -0.05) is 17.1 Å². The van der Waals surface area contributed by atoms with Crippen LogP contribution in [0.1, 0.15) is 48.1 Å². The first-order chi connectivity index (χ1) is 29.1. The average molecular weight is 835 g/mol. The van der Waals surface area contributed by atoms with Crippen molar-refractivity contribution in [2.45, 2.75) is 45.1 Å². The van der Waals surface area contributed by atoms with E-state index in [1.807, 2.05) is 0 Å². The monoisotopic (exact) mass is 835 g/mol. The molecule has 2 atom stereocenters. The first-order valence-corrected chi connectivity index (χ1v) is 17.9. The number of esters is 2. The number of nitro groups is 3. The number of pyridine rings is 2. The summed E-state index contributed by atoms with van der Waals surface area (Å²) in [4.78, 5) is 106. The van der Waals surface area contributed by atoms with E-state index in [-0.39, 0.29) is 46.3 Å². The van der Waals surface area contributed by atoms with E-state index in [9.17, 15) is 49.5 Å². The largest absolute Gasteiger partial charge is 0.457 e. The number of aromatic nitrogens is 2. The number of nitrogens with two attached hydrogens (primary N) is 1. The number of nitrogens with zero attached hydrogens (tertiary/aromatic N) is 6. The van der Waals surface area contributed by atoms with E-state index in [2.05, 4.69) is 10.1 Å². The predicted molar refractivity (Wildman–Crippen MR) is 207 cm³/mol. The average Bonchev–Trinajstić information content (AvgIpc) is 3.74. The predicted octanol–water partition coefficient (Wildman–Crippen LogP) is 3.51. The maximum atomic E-state index is 14.0. The Morgan fingerprint density at radius 3 is 2.36 bits per heavy atom. The van der Waals surface area contributed by atoms with Crippen LogP contribution >= 0.6 is 0 Å². The van der Waals surface area contributed by atoms with Gasteiger partial charge in [0.05, 0.1) is 61.5 Å². The van der Waals surface area contributed by atoms with Gasteiger partial charge in [-0.25, -0.2) is 14.6 Å². The highest BCUT2D eigenvalue weighted by molar-refractivity contribution is 6.55. The van der Waals surface area contributed by atoms with Crippen LogP contribution in [0.2, 0.25) is 0 Å². The van der Waals surface area contributed by atoms with E-state index in [1.165, 1.54) is 25.4 Å². The molecule has 24 heteroatoms. The van der Waals surface area contributed by atoms with E-state index in [0.717, 1.165) is 25.1 Å². The van der Waals surface area contributed by atoms with Crippen LogP contribution in [0.25, 0.3) is 33.4 Å². The molecule has 61 heavy (non-hydrogen) atoms. The second-order valence-corrected chi connectivity index (χ2v) is 13.8. The molecule has 0 radical (unpaired) electrons. The zero-order chi connectivity index (χ0) is 43.7. The summed E-state index contributed by atoms with van der Waals surface area (Å²) in [7, 11) is 1.27. The molecule has 8 rings (SSSR count). The second kappa shape index (κ2) is 14.6. The van der Waals surface area contributed by atoms with Gasteiger partial charge >= 0.3 is 11.9 Å². The minimum Gasteiger partial charge on any atom is -0.457 e. The van der Waals surface area contributed by atoms with Crippen LogP contribution in [0, 0.1) is 30.3 Å². The molecule has 0 fully saturated rings. The van der Waals surface area contributed by atoms with Gasteiger partial charge < -0.3 is 28.5 Å². The van der Waals surface area contributed by atoms with Gasteiger partial charge in [-0.05, 0) is 43.7 Å². The number of nitro benzene ring substituents is 3. The van der Waals surface area contributed by atoms with Gasteiger partial charge in [0.2, 0.25) is 25.4 Å². The van der Waals surface area contributed by atoms with Crippen molar-refractivity contribution in [2.75, 3.05) is 0 Å². The fourth-order valence-electron chi connectivity index (χ4n) is 7.60. The van der Waals surface area contributed by atoms with Crippen molar-refractivity contribution < 1.29 is 58.1 Å². The normalized spacial score (nSPS) is 16.6. The van der Waals surface area contributed by atoms with Crippen LogP contribution in [-0.2, 0) is 47.6 Å². The molecule has 0 spiro atoms. The Balaban J connectivity index is 1.17. The van der Waals surface area contributed by atoms with Crippen molar-refractivity contribution in [3.05, 3.63) is 123 Å². The summed E-state index contributed by atoms with van der Waals surface area (Å²) in [5.74, 6) is 2.16. The molecule has 0 unspecified atom stereocenters. The number of hydrogen-bond acceptors (Lipinski definition) is 19. The zero-order valence-corrected chi connectivity index (χ0v) is 31.7. The molecule has 0 saturated carbocycles. The van der Waals surface area contributed by atoms with E-state index < -0.39 is 85.0 Å². The Morgan fingerprint density at radius 2 is 1.70 bits per heavy atom. The third-order valence-electron chi connectivity index (χ3n) is 10.3. The number of cyclic esters (lactones) is 1. The fraction of sp³-hybridized carbons (Fsp3) is 0.189. The SMILES string of the molecule is BC(=O)Oc1ccc2nc3c(cc2c1)Cn1c-3cc2c(c1=O)COC(=O)[C@@]2(CC)OC(=O)[C@H](C)O/N=C1/c2cc([N+](=O)[O-])cc(OON)c2-c2c1cc([N+](=O)[O-])cc2[N+](=O)[O-]. The van der Waals surface area contributed by atoms with Crippen LogP contribution in [0.4, 0.5) is 21.9 Å². The topological polar surface area (TPSA) is 309 Å². The van der Waals surface area contributed by atoms with Crippen molar-refractivity contribution >= 4 is 59.3 Å². The van der Waals surface area contributed by atoms with Gasteiger partial charge in [-0.3, -0.25) is 39.9 Å². The number of carbonyl (C=O) groups is 3. The van der Waals surface area contributed by atoms with Gasteiger partial charge in [0, 0.05) is 45.3 Å². The van der Waals surface area contributed by atoms with Gasteiger partial charge in [0.25, 0.3) is 22.6 Å². The summed E-state index contributed by atoms with van der Waals surface area (Å²) in [6.45, 7) is 2.35. The van der Waals surface area contributed by atoms with Crippen LogP contribution in [0.15, 0.2) is 64.5 Å². The van der Waals surface area contributed by atoms with Crippen LogP contribution in [0.5, 0.6) is 11.5 Å². The van der Waals surface area contributed by atoms with E-state index in [4.69, 9.17) is 34.8 Å². The molecular formula is C37H26BN7O16. The lowest BCUT2D eigenvalue weighted by molar-refractivity contribution is -0.393. The Kier molecular flexibility index (Phi) is 9.51. The van der Waals surface area contributed by atoms with E-state index >= 15 is 0 Å². The number of oxime groups is 1. The number of fused-ring (bicyclic) bond motifs is 8. The highest BCUT2D eigenvalue weighted by Crippen LogP contribution is 2.50. The molecule has 2 aromatic heterocycles. The number of rotatable bonds is 11. The summed E-state index contributed by atoms with van der Waals surface area (Å²) >= 11 is 0. The Labute approximate surface area is 339 Å². The molecule has 3 aromatic carbocycles. The molecule has 0 bridgehead atoms. The third kappa shape index (κ3) is 6.41. The lowest BCUT2D eigenvalue weighted by Gasteiger charge is -2.36.